The molecule has 10 heteroatoms. The highest BCUT2D eigenvalue weighted by Crippen LogP contribution is 2.26. The second-order valence-electron chi connectivity index (χ2n) is 5.39. The molecule has 132 valence electrons. The van der Waals surface area contributed by atoms with Crippen molar-refractivity contribution in [2.45, 2.75) is 23.1 Å². The van der Waals surface area contributed by atoms with E-state index >= 15 is 0 Å². The van der Waals surface area contributed by atoms with E-state index in [2.05, 4.69) is 4.72 Å². The van der Waals surface area contributed by atoms with Gasteiger partial charge in [-0.1, -0.05) is 0 Å². The molecule has 0 aliphatic carbocycles. The number of nitrogens with zero attached hydrogens (tertiary/aromatic N) is 1. The average Bonchev–Trinajstić information content (AvgIpc) is 2.96. The van der Waals surface area contributed by atoms with Crippen molar-refractivity contribution >= 4 is 32.5 Å². The lowest BCUT2D eigenvalue weighted by atomic mass is 10.1. The summed E-state index contributed by atoms with van der Waals surface area (Å²) in [5.74, 6) is 0.180. The predicted molar refractivity (Wildman–Crippen MR) is 90.6 cm³/mol. The molecule has 2 rings (SSSR count). The zero-order valence-electron chi connectivity index (χ0n) is 13.0. The van der Waals surface area contributed by atoms with Crippen LogP contribution in [0.5, 0.6) is 0 Å². The summed E-state index contributed by atoms with van der Waals surface area (Å²) in [4.78, 5) is 0.188. The van der Waals surface area contributed by atoms with Crippen molar-refractivity contribution in [3.8, 4) is 0 Å². The van der Waals surface area contributed by atoms with E-state index in [-0.39, 0.29) is 28.1 Å². The van der Waals surface area contributed by atoms with E-state index in [4.69, 9.17) is 5.73 Å². The Bertz CT molecular complexity index is 765. The second-order valence-corrected chi connectivity index (χ2v) is 9.18. The van der Waals surface area contributed by atoms with Crippen LogP contribution < -0.4 is 10.5 Å². The Balaban J connectivity index is 0.00000264. The molecule has 7 nitrogen and oxygen atoms in total. The Hall–Kier alpha value is -0.710. The summed E-state index contributed by atoms with van der Waals surface area (Å²) in [6.45, 7) is 2.90. The van der Waals surface area contributed by atoms with Gasteiger partial charge in [0.05, 0.1) is 9.79 Å². The van der Waals surface area contributed by atoms with Crippen molar-refractivity contribution < 1.29 is 16.8 Å². The molecule has 0 bridgehead atoms. The summed E-state index contributed by atoms with van der Waals surface area (Å²) in [5.41, 5.74) is 5.98. The summed E-state index contributed by atoms with van der Waals surface area (Å²) in [7, 11) is -5.89. The molecule has 1 aliphatic heterocycles. The number of benzene rings is 1. The molecule has 1 aromatic rings. The number of sulfonamides is 2. The molecule has 1 unspecified atom stereocenters. The van der Waals surface area contributed by atoms with Crippen molar-refractivity contribution in [1.29, 1.82) is 0 Å². The third-order valence-corrected chi connectivity index (χ3v) is 7.36. The summed E-state index contributed by atoms with van der Waals surface area (Å²) in [5, 5.41) is 0. The summed E-state index contributed by atoms with van der Waals surface area (Å²) in [6, 6.07) is 4.06. The highest BCUT2D eigenvalue weighted by molar-refractivity contribution is 7.89. The fourth-order valence-corrected chi connectivity index (χ4v) is 5.12. The fourth-order valence-electron chi connectivity index (χ4n) is 2.55. The van der Waals surface area contributed by atoms with E-state index in [1.807, 2.05) is 0 Å². The maximum Gasteiger partial charge on any atom is 0.243 e. The van der Waals surface area contributed by atoms with Crippen LogP contribution in [0.25, 0.3) is 0 Å². The molecule has 1 aliphatic rings. The Morgan fingerprint density at radius 2 is 1.96 bits per heavy atom. The van der Waals surface area contributed by atoms with E-state index in [0.29, 0.717) is 25.2 Å². The van der Waals surface area contributed by atoms with E-state index < -0.39 is 20.0 Å². The normalized spacial score (nSPS) is 19.5. The van der Waals surface area contributed by atoms with Crippen LogP contribution in [-0.4, -0.2) is 47.8 Å². The van der Waals surface area contributed by atoms with Crippen LogP contribution in [0.1, 0.15) is 12.0 Å². The van der Waals surface area contributed by atoms with Crippen LogP contribution >= 0.6 is 12.4 Å². The summed E-state index contributed by atoms with van der Waals surface area (Å²) >= 11 is 0. The lowest BCUT2D eigenvalue weighted by Gasteiger charge is -2.17. The SMILES string of the molecule is CNS(=O)(=O)c1ccc(S(=O)(=O)N2CCC(CN)C2)cc1C.Cl. The first-order valence-electron chi connectivity index (χ1n) is 6.97. The number of hydrogen-bond donors (Lipinski definition) is 2. The molecular formula is C13H22ClN3O4S2. The van der Waals surface area contributed by atoms with Crippen molar-refractivity contribution in [1.82, 2.24) is 9.03 Å². The minimum atomic E-state index is -3.61. The smallest absolute Gasteiger partial charge is 0.243 e. The monoisotopic (exact) mass is 383 g/mol. The quantitative estimate of drug-likeness (QED) is 0.759. The predicted octanol–water partition coefficient (Wildman–Crippen LogP) is 0.294. The minimum Gasteiger partial charge on any atom is -0.330 e. The standard InChI is InChI=1S/C13H21N3O4S2.ClH/c1-10-7-12(3-4-13(10)21(17,18)15-2)22(19,20)16-6-5-11(8-14)9-16;/h3-4,7,11,15H,5-6,8-9,14H2,1-2H3;1H. The van der Waals surface area contributed by atoms with Gasteiger partial charge in [-0.3, -0.25) is 0 Å². The maximum absolute atomic E-state index is 12.6. The number of halogens is 1. The van der Waals surface area contributed by atoms with Gasteiger partial charge in [-0.05, 0) is 56.6 Å². The number of hydrogen-bond acceptors (Lipinski definition) is 5. The van der Waals surface area contributed by atoms with Gasteiger partial charge in [0.1, 0.15) is 0 Å². The van der Waals surface area contributed by atoms with Crippen molar-refractivity contribution in [3.63, 3.8) is 0 Å². The third-order valence-electron chi connectivity index (χ3n) is 3.92. The number of nitrogens with two attached hydrogens (primary N) is 1. The van der Waals surface area contributed by atoms with Crippen molar-refractivity contribution in [3.05, 3.63) is 23.8 Å². The Morgan fingerprint density at radius 3 is 2.43 bits per heavy atom. The molecule has 0 spiro atoms. The van der Waals surface area contributed by atoms with Crippen molar-refractivity contribution in [2.75, 3.05) is 26.7 Å². The molecule has 0 aromatic heterocycles. The van der Waals surface area contributed by atoms with Crippen LogP contribution in [0.15, 0.2) is 28.0 Å². The fraction of sp³-hybridized carbons (Fsp3) is 0.538. The van der Waals surface area contributed by atoms with Crippen LogP contribution in [0.2, 0.25) is 0 Å². The van der Waals surface area contributed by atoms with Gasteiger partial charge in [-0.2, -0.15) is 4.31 Å². The molecule has 0 radical (unpaired) electrons. The van der Waals surface area contributed by atoms with Gasteiger partial charge in [-0.15, -0.1) is 12.4 Å². The largest absolute Gasteiger partial charge is 0.330 e. The lowest BCUT2D eigenvalue weighted by Crippen LogP contribution is -2.30. The highest BCUT2D eigenvalue weighted by atomic mass is 35.5. The van der Waals surface area contributed by atoms with E-state index in [1.165, 1.54) is 29.6 Å². The Kier molecular flexibility index (Phi) is 6.59. The zero-order chi connectivity index (χ0) is 16.5. The van der Waals surface area contributed by atoms with Crippen molar-refractivity contribution in [2.24, 2.45) is 11.7 Å². The molecule has 1 fully saturated rings. The van der Waals surface area contributed by atoms with Crippen LogP contribution in [0.3, 0.4) is 0 Å². The molecule has 0 saturated carbocycles. The lowest BCUT2D eigenvalue weighted by molar-refractivity contribution is 0.459. The second kappa shape index (κ2) is 7.45. The van der Waals surface area contributed by atoms with Gasteiger partial charge in [0.15, 0.2) is 0 Å². The first-order valence-corrected chi connectivity index (χ1v) is 9.89. The minimum absolute atomic E-state index is 0. The number of aryl methyl sites for hydroxylation is 1. The van der Waals surface area contributed by atoms with Gasteiger partial charge < -0.3 is 5.73 Å². The topological polar surface area (TPSA) is 110 Å². The maximum atomic E-state index is 12.6. The number of nitrogens with one attached hydrogen (secondary N) is 1. The molecule has 1 saturated heterocycles. The molecule has 1 atom stereocenters. The van der Waals surface area contributed by atoms with Crippen LogP contribution in [-0.2, 0) is 20.0 Å². The van der Waals surface area contributed by atoms with Gasteiger partial charge in [-0.25, -0.2) is 21.6 Å². The molecule has 0 amide bonds. The summed E-state index contributed by atoms with van der Waals surface area (Å²) in [6.07, 6.45) is 0.751. The van der Waals surface area contributed by atoms with Gasteiger partial charge in [0.2, 0.25) is 20.0 Å². The first kappa shape index (κ1) is 20.3. The summed E-state index contributed by atoms with van der Waals surface area (Å²) < 4.78 is 52.5. The van der Waals surface area contributed by atoms with Gasteiger partial charge >= 0.3 is 0 Å². The Morgan fingerprint density at radius 1 is 1.30 bits per heavy atom. The third kappa shape index (κ3) is 4.04. The molecule has 1 aromatic carbocycles. The van der Waals surface area contributed by atoms with Gasteiger partial charge in [0.25, 0.3) is 0 Å². The Labute approximate surface area is 143 Å². The zero-order valence-corrected chi connectivity index (χ0v) is 15.5. The van der Waals surface area contributed by atoms with E-state index in [9.17, 15) is 16.8 Å². The van der Waals surface area contributed by atoms with E-state index in [0.717, 1.165) is 6.42 Å². The van der Waals surface area contributed by atoms with Crippen LogP contribution in [0, 0.1) is 12.8 Å². The van der Waals surface area contributed by atoms with Gasteiger partial charge in [0, 0.05) is 13.1 Å². The highest BCUT2D eigenvalue weighted by Gasteiger charge is 2.32. The number of rotatable bonds is 5. The first-order chi connectivity index (χ1) is 10.2. The van der Waals surface area contributed by atoms with Crippen LogP contribution in [0.4, 0.5) is 0 Å². The average molecular weight is 384 g/mol. The molecular weight excluding hydrogens is 362 g/mol. The molecule has 23 heavy (non-hydrogen) atoms. The van der Waals surface area contributed by atoms with E-state index in [1.54, 1.807) is 6.92 Å². The molecule has 1 heterocycles. The molecule has 3 N–H and O–H groups in total.